The van der Waals surface area contributed by atoms with Crippen LogP contribution in [0, 0.1) is 34.6 Å². The van der Waals surface area contributed by atoms with Gasteiger partial charge in [-0.25, -0.2) is 0 Å². The Bertz CT molecular complexity index is 2980. The summed E-state index contributed by atoms with van der Waals surface area (Å²) < 4.78 is 6.63. The van der Waals surface area contributed by atoms with Crippen LogP contribution in [0.3, 0.4) is 0 Å². The van der Waals surface area contributed by atoms with E-state index in [1.165, 1.54) is 33.4 Å². The van der Waals surface area contributed by atoms with Crippen molar-refractivity contribution in [2.45, 2.75) is 67.2 Å². The van der Waals surface area contributed by atoms with Gasteiger partial charge in [-0.1, -0.05) is 86.7 Å². The molecule has 4 aliphatic rings. The predicted molar refractivity (Wildman–Crippen MR) is 246 cm³/mol. The number of hydrogen-bond acceptors (Lipinski definition) is 4. The summed E-state index contributed by atoms with van der Waals surface area (Å²) in [5.74, 6) is 0.708. The fourth-order valence-electron chi connectivity index (χ4n) is 9.39. The van der Waals surface area contributed by atoms with Gasteiger partial charge in [-0.05, 0) is 168 Å². The normalized spacial score (nSPS) is 18.1. The third-order valence-electron chi connectivity index (χ3n) is 12.8. The van der Waals surface area contributed by atoms with Crippen molar-refractivity contribution >= 4 is 45.2 Å². The van der Waals surface area contributed by atoms with Crippen LogP contribution >= 0.6 is 0 Å². The Hall–Kier alpha value is -6.74. The van der Waals surface area contributed by atoms with Gasteiger partial charge >= 0.3 is 0 Å². The average Bonchev–Trinajstić information content (AvgIpc) is 3.54. The average molecular weight is 773 g/mol. The topological polar surface area (TPSA) is 69.9 Å². The Morgan fingerprint density at radius 3 is 2.29 bits per heavy atom. The van der Waals surface area contributed by atoms with Crippen LogP contribution in [0.5, 0.6) is 23.0 Å². The first kappa shape index (κ1) is 37.8. The van der Waals surface area contributed by atoms with Crippen molar-refractivity contribution in [1.82, 2.24) is 0 Å². The smallest absolute Gasteiger partial charge is 0.170 e. The highest BCUT2D eigenvalue weighted by atomic mass is 16.5. The van der Waals surface area contributed by atoms with Crippen LogP contribution < -0.4 is 4.74 Å². The molecule has 0 unspecified atom stereocenters. The zero-order valence-corrected chi connectivity index (χ0v) is 34.9. The molecule has 9 rings (SSSR count). The van der Waals surface area contributed by atoms with Crippen LogP contribution in [-0.2, 0) is 5.41 Å². The molecule has 0 radical (unpaired) electrons. The van der Waals surface area contributed by atoms with E-state index in [-0.39, 0.29) is 22.5 Å². The van der Waals surface area contributed by atoms with Gasteiger partial charge in [0.2, 0.25) is 0 Å². The van der Waals surface area contributed by atoms with E-state index in [0.717, 1.165) is 61.1 Å². The number of aromatic hydroxyl groups is 3. The van der Waals surface area contributed by atoms with E-state index in [1.54, 1.807) is 6.92 Å². The molecular weight excluding hydrogens is 725 g/mol. The largest absolute Gasteiger partial charge is 0.507 e. The fourth-order valence-corrected chi connectivity index (χ4v) is 9.39. The highest BCUT2D eigenvalue weighted by molar-refractivity contribution is 6.10. The lowest BCUT2D eigenvalue weighted by Gasteiger charge is -2.26. The summed E-state index contributed by atoms with van der Waals surface area (Å²) in [4.78, 5) is 0. The molecule has 3 N–H and O–H groups in total. The lowest BCUT2D eigenvalue weighted by Crippen LogP contribution is -2.16. The Balaban J connectivity index is 1.14. The highest BCUT2D eigenvalue weighted by Gasteiger charge is 2.29. The first-order chi connectivity index (χ1) is 28.2. The van der Waals surface area contributed by atoms with E-state index in [4.69, 9.17) is 4.74 Å². The van der Waals surface area contributed by atoms with Crippen LogP contribution in [0.1, 0.15) is 94.0 Å². The van der Waals surface area contributed by atoms with Gasteiger partial charge in [0.1, 0.15) is 17.3 Å². The Morgan fingerprint density at radius 2 is 1.47 bits per heavy atom. The minimum atomic E-state index is -0.394. The van der Waals surface area contributed by atoms with Crippen molar-refractivity contribution in [2.24, 2.45) is 0 Å². The van der Waals surface area contributed by atoms with E-state index < -0.39 is 5.75 Å². The molecule has 1 heterocycles. The molecule has 0 amide bonds. The van der Waals surface area contributed by atoms with Crippen LogP contribution in [0.15, 0.2) is 115 Å². The van der Waals surface area contributed by atoms with Gasteiger partial charge in [0.05, 0.1) is 5.56 Å². The van der Waals surface area contributed by atoms with E-state index in [1.807, 2.05) is 36.5 Å². The summed E-state index contributed by atoms with van der Waals surface area (Å²) in [5.41, 5.74) is 20.2. The summed E-state index contributed by atoms with van der Waals surface area (Å²) in [6.07, 6.45) is 22.7. The van der Waals surface area contributed by atoms with Crippen molar-refractivity contribution in [3.63, 3.8) is 0 Å². The lowest BCUT2D eigenvalue weighted by atomic mass is 9.78. The number of phenols is 3. The summed E-state index contributed by atoms with van der Waals surface area (Å²) in [5, 5.41) is 37.8. The van der Waals surface area contributed by atoms with Gasteiger partial charge in [-0.3, -0.25) is 0 Å². The summed E-state index contributed by atoms with van der Waals surface area (Å²) in [6.45, 7) is 17.1. The monoisotopic (exact) mass is 772 g/mol. The molecule has 0 bridgehead atoms. The summed E-state index contributed by atoms with van der Waals surface area (Å²) >= 11 is 0. The Morgan fingerprint density at radius 1 is 0.678 bits per heavy atom. The second-order valence-corrected chi connectivity index (χ2v) is 16.9. The van der Waals surface area contributed by atoms with Crippen molar-refractivity contribution in [3.8, 4) is 34.1 Å². The van der Waals surface area contributed by atoms with E-state index in [0.29, 0.717) is 28.9 Å². The van der Waals surface area contributed by atoms with Gasteiger partial charge in [0.15, 0.2) is 11.5 Å². The van der Waals surface area contributed by atoms with Crippen molar-refractivity contribution in [3.05, 3.63) is 181 Å². The summed E-state index contributed by atoms with van der Waals surface area (Å²) in [7, 11) is 0. The highest BCUT2D eigenvalue weighted by Crippen LogP contribution is 2.52. The number of phenolic OH excluding ortho intramolecular Hbond substituents is 3. The van der Waals surface area contributed by atoms with Gasteiger partial charge in [0, 0.05) is 33.1 Å². The molecular formula is C55H48O4. The lowest BCUT2D eigenvalue weighted by molar-refractivity contribution is 0.392. The Labute approximate surface area is 346 Å². The molecule has 0 saturated heterocycles. The molecule has 0 spiro atoms. The second-order valence-electron chi connectivity index (χ2n) is 16.9. The van der Waals surface area contributed by atoms with Crippen LogP contribution in [-0.4, -0.2) is 15.3 Å². The number of rotatable bonds is 3. The van der Waals surface area contributed by atoms with Gasteiger partial charge < -0.3 is 20.1 Å². The SMILES string of the molecule is C\C1=C/C=C\C=C\C(C)(C)c2cc3c(cc21)C=CC(c1c(O)c(C)c(C2=CC4=C(C=CC2)Oc2ccc(-c5c(C)cc(C)c(C)c5C)c5cccc4c25)c(O)c1O)=C=C3. The molecule has 4 heteroatoms. The molecule has 292 valence electrons. The maximum absolute atomic E-state index is 11.9. The van der Waals surface area contributed by atoms with Crippen LogP contribution in [0.4, 0.5) is 0 Å². The number of benzene rings is 5. The number of allylic oxidation sites excluding steroid dienone is 13. The number of hydrogen-bond donors (Lipinski definition) is 3. The molecule has 0 fully saturated rings. The maximum Gasteiger partial charge on any atom is 0.170 e. The molecule has 0 aromatic heterocycles. The molecule has 1 aliphatic heterocycles. The molecule has 3 aliphatic carbocycles. The first-order valence-corrected chi connectivity index (χ1v) is 20.3. The second kappa shape index (κ2) is 14.0. The number of aryl methyl sites for hydroxylation is 2. The molecule has 5 aromatic carbocycles. The zero-order valence-electron chi connectivity index (χ0n) is 34.9. The Kier molecular flexibility index (Phi) is 8.96. The maximum atomic E-state index is 11.9. The van der Waals surface area contributed by atoms with Crippen LogP contribution in [0.25, 0.3) is 56.3 Å². The van der Waals surface area contributed by atoms with Crippen LogP contribution in [0.2, 0.25) is 0 Å². The van der Waals surface area contributed by atoms with Crippen molar-refractivity contribution in [2.75, 3.05) is 0 Å². The van der Waals surface area contributed by atoms with E-state index in [9.17, 15) is 15.3 Å². The first-order valence-electron chi connectivity index (χ1n) is 20.3. The van der Waals surface area contributed by atoms with E-state index in [2.05, 4.69) is 133 Å². The van der Waals surface area contributed by atoms with Crippen molar-refractivity contribution < 1.29 is 20.1 Å². The minimum absolute atomic E-state index is 0.110. The number of ether oxygens (including phenoxy) is 1. The molecule has 59 heavy (non-hydrogen) atoms. The third kappa shape index (κ3) is 6.06. The quantitative estimate of drug-likeness (QED) is 0.0970. The van der Waals surface area contributed by atoms with E-state index >= 15 is 0 Å². The predicted octanol–water partition coefficient (Wildman–Crippen LogP) is 13.8. The molecule has 4 nitrogen and oxygen atoms in total. The van der Waals surface area contributed by atoms with Gasteiger partial charge in [-0.15, -0.1) is 5.73 Å². The summed E-state index contributed by atoms with van der Waals surface area (Å²) in [6, 6.07) is 17.3. The molecule has 5 aromatic rings. The molecule has 0 atom stereocenters. The van der Waals surface area contributed by atoms with Crippen molar-refractivity contribution in [1.29, 1.82) is 0 Å². The molecule has 0 saturated carbocycles. The van der Waals surface area contributed by atoms with Gasteiger partial charge in [0.25, 0.3) is 0 Å². The third-order valence-corrected chi connectivity index (χ3v) is 12.8. The standard InChI is InChI=1S/C55H48O4/c1-30-14-10-9-11-25-55(7,8)45-29-38-22-20-36(19-21-37(38)27-43(30)45)50-52(56)35(6)49(53(57)54(50)58)39-15-12-18-46-44(28-39)41-17-13-16-40-42(23-24-47(59-46)51(40)41)48-32(3)26-31(2)33(4)34(48)5/h9-14,16-19,21-29,56-58H,15H2,1-8H3/b10-9-,25-11+,30-14+. The van der Waals surface area contributed by atoms with Gasteiger partial charge in [-0.2, -0.15) is 0 Å². The fraction of sp³-hybridized carbons (Fsp3) is 0.182. The number of fused-ring (bicyclic) bond motifs is 3. The zero-order chi connectivity index (χ0) is 41.5. The minimum Gasteiger partial charge on any atom is -0.507 e.